The molecule has 1 atom stereocenters. The maximum Gasteiger partial charge on any atom is 0.250 e. The van der Waals surface area contributed by atoms with Gasteiger partial charge in [0.15, 0.2) is 5.82 Å². The number of aromatic nitrogens is 1. The topological polar surface area (TPSA) is 42.4 Å². The molecular formula is C17H23FN2O2S. The third kappa shape index (κ3) is 3.79. The van der Waals surface area contributed by atoms with Gasteiger partial charge in [-0.1, -0.05) is 13.8 Å². The fraction of sp³-hybridized carbons (Fsp3) is 0.647. The highest BCUT2D eigenvalue weighted by molar-refractivity contribution is 8.01. The van der Waals surface area contributed by atoms with E-state index >= 15 is 0 Å². The molecular weight excluding hydrogens is 315 g/mol. The number of hydrogen-bond donors (Lipinski definition) is 0. The summed E-state index contributed by atoms with van der Waals surface area (Å²) < 4.78 is 19.4. The van der Waals surface area contributed by atoms with E-state index in [9.17, 15) is 9.18 Å². The van der Waals surface area contributed by atoms with E-state index in [0.29, 0.717) is 12.3 Å². The summed E-state index contributed by atoms with van der Waals surface area (Å²) in [5.41, 5.74) is 0. The minimum Gasteiger partial charge on any atom is -0.471 e. The van der Waals surface area contributed by atoms with Crippen molar-refractivity contribution in [1.29, 1.82) is 0 Å². The normalized spacial score (nSPS) is 22.4. The van der Waals surface area contributed by atoms with E-state index in [2.05, 4.69) is 18.8 Å². The first-order valence-electron chi connectivity index (χ1n) is 8.16. The Morgan fingerprint density at radius 3 is 3.04 bits per heavy atom. The van der Waals surface area contributed by atoms with Gasteiger partial charge in [0.25, 0.3) is 5.88 Å². The predicted octanol–water partition coefficient (Wildman–Crippen LogP) is 3.12. The molecule has 126 valence electrons. The molecule has 1 amide bonds. The van der Waals surface area contributed by atoms with E-state index in [-0.39, 0.29) is 22.6 Å². The summed E-state index contributed by atoms with van der Waals surface area (Å²) in [4.78, 5) is 18.0. The van der Waals surface area contributed by atoms with Crippen LogP contribution in [0.3, 0.4) is 0 Å². The molecule has 0 aromatic carbocycles. The maximum absolute atomic E-state index is 13.6. The third-order valence-corrected chi connectivity index (χ3v) is 6.00. The molecule has 1 aromatic heterocycles. The Bertz CT molecular complexity index is 575. The lowest BCUT2D eigenvalue weighted by Gasteiger charge is -2.47. The van der Waals surface area contributed by atoms with E-state index in [1.807, 2.05) is 16.7 Å². The second-order valence-electron chi connectivity index (χ2n) is 6.91. The number of rotatable bonds is 5. The Labute approximate surface area is 140 Å². The molecule has 2 aliphatic rings. The van der Waals surface area contributed by atoms with Gasteiger partial charge in [-0.3, -0.25) is 4.79 Å². The fourth-order valence-electron chi connectivity index (χ4n) is 3.11. The predicted molar refractivity (Wildman–Crippen MR) is 89.1 cm³/mol. The monoisotopic (exact) mass is 338 g/mol. The molecule has 2 saturated heterocycles. The summed E-state index contributed by atoms with van der Waals surface area (Å²) >= 11 is 1.84. The quantitative estimate of drug-likeness (QED) is 0.827. The van der Waals surface area contributed by atoms with Crippen molar-refractivity contribution in [1.82, 2.24) is 9.88 Å². The van der Waals surface area contributed by atoms with Crippen molar-refractivity contribution in [3.8, 4) is 5.88 Å². The van der Waals surface area contributed by atoms with Gasteiger partial charge in [-0.25, -0.2) is 9.37 Å². The van der Waals surface area contributed by atoms with Crippen molar-refractivity contribution in [2.75, 3.05) is 18.8 Å². The molecule has 6 heteroatoms. The molecule has 0 aliphatic carbocycles. The molecule has 0 radical (unpaired) electrons. The third-order valence-electron chi connectivity index (χ3n) is 4.42. The Kier molecular flexibility index (Phi) is 4.80. The number of halogens is 1. The van der Waals surface area contributed by atoms with Crippen LogP contribution in [-0.4, -0.2) is 45.5 Å². The van der Waals surface area contributed by atoms with Crippen LogP contribution in [0.2, 0.25) is 0 Å². The summed E-state index contributed by atoms with van der Waals surface area (Å²) in [6, 6.07) is 2.92. The van der Waals surface area contributed by atoms with Crippen LogP contribution in [0.1, 0.15) is 33.1 Å². The second-order valence-corrected chi connectivity index (χ2v) is 8.40. The van der Waals surface area contributed by atoms with Crippen molar-refractivity contribution >= 4 is 17.7 Å². The molecule has 4 nitrogen and oxygen atoms in total. The van der Waals surface area contributed by atoms with Crippen LogP contribution in [0.4, 0.5) is 4.39 Å². The molecule has 0 saturated carbocycles. The van der Waals surface area contributed by atoms with Crippen LogP contribution in [-0.2, 0) is 4.79 Å². The van der Waals surface area contributed by atoms with Crippen LogP contribution in [0.5, 0.6) is 5.88 Å². The van der Waals surface area contributed by atoms with Crippen LogP contribution in [0.15, 0.2) is 18.3 Å². The summed E-state index contributed by atoms with van der Waals surface area (Å²) in [6.07, 6.45) is 3.94. The average Bonchev–Trinajstić information content (AvgIpc) is 2.90. The van der Waals surface area contributed by atoms with Gasteiger partial charge in [0.05, 0.1) is 4.75 Å². The lowest BCUT2D eigenvalue weighted by molar-refractivity contribution is -0.136. The summed E-state index contributed by atoms with van der Waals surface area (Å²) in [6.45, 7) is 5.85. The average molecular weight is 338 g/mol. The van der Waals surface area contributed by atoms with Crippen LogP contribution < -0.4 is 4.74 Å². The Morgan fingerprint density at radius 2 is 2.35 bits per heavy atom. The van der Waals surface area contributed by atoms with E-state index in [0.717, 1.165) is 31.7 Å². The Hall–Kier alpha value is -1.30. The zero-order valence-electron chi connectivity index (χ0n) is 13.6. The van der Waals surface area contributed by atoms with Crippen molar-refractivity contribution in [3.63, 3.8) is 0 Å². The molecule has 23 heavy (non-hydrogen) atoms. The molecule has 2 aliphatic heterocycles. The van der Waals surface area contributed by atoms with Gasteiger partial charge in [-0.05, 0) is 24.5 Å². The van der Waals surface area contributed by atoms with E-state index in [1.165, 1.54) is 12.3 Å². The number of nitrogens with zero attached hydrogens (tertiary/aromatic N) is 2. The lowest BCUT2D eigenvalue weighted by Crippen LogP contribution is -2.60. The SMILES string of the molecule is CC(C)CCC(=O)N1CC2(C[C@H](Oc3ncccc3F)CS2)C1. The fourth-order valence-corrected chi connectivity index (χ4v) is 4.63. The number of carbonyl (C=O) groups is 1. The first-order valence-corrected chi connectivity index (χ1v) is 9.15. The molecule has 2 fully saturated rings. The highest BCUT2D eigenvalue weighted by atomic mass is 32.2. The van der Waals surface area contributed by atoms with E-state index < -0.39 is 5.82 Å². The number of pyridine rings is 1. The largest absolute Gasteiger partial charge is 0.471 e. The molecule has 1 aromatic rings. The number of carbonyl (C=O) groups excluding carboxylic acids is 1. The molecule has 3 rings (SSSR count). The van der Waals surface area contributed by atoms with Gasteiger partial charge in [-0.2, -0.15) is 0 Å². The number of likely N-dealkylation sites (tertiary alicyclic amines) is 1. The standard InChI is InChI=1S/C17H23FN2O2S/c1-12(2)5-6-15(21)20-10-17(11-20)8-13(9-23-17)22-16-14(18)4-3-7-19-16/h3-4,7,12-13H,5-6,8-11H2,1-2H3/t13-/m0/s1. The highest BCUT2D eigenvalue weighted by Gasteiger charge is 2.51. The van der Waals surface area contributed by atoms with Gasteiger partial charge in [0.1, 0.15) is 6.10 Å². The minimum atomic E-state index is -0.419. The Morgan fingerprint density at radius 1 is 1.57 bits per heavy atom. The van der Waals surface area contributed by atoms with Gasteiger partial charge >= 0.3 is 0 Å². The second kappa shape index (κ2) is 6.67. The Balaban J connectivity index is 1.48. The van der Waals surface area contributed by atoms with Gasteiger partial charge in [0.2, 0.25) is 5.91 Å². The van der Waals surface area contributed by atoms with Crippen LogP contribution in [0, 0.1) is 11.7 Å². The molecule has 3 heterocycles. The van der Waals surface area contributed by atoms with Crippen molar-refractivity contribution in [3.05, 3.63) is 24.1 Å². The molecule has 1 spiro atoms. The van der Waals surface area contributed by atoms with Crippen LogP contribution in [0.25, 0.3) is 0 Å². The summed E-state index contributed by atoms with van der Waals surface area (Å²) in [5.74, 6) is 1.30. The van der Waals surface area contributed by atoms with Crippen molar-refractivity contribution < 1.29 is 13.9 Å². The highest BCUT2D eigenvalue weighted by Crippen LogP contribution is 2.46. The number of ether oxygens (including phenoxy) is 1. The van der Waals surface area contributed by atoms with Gasteiger partial charge in [-0.15, -0.1) is 11.8 Å². The summed E-state index contributed by atoms with van der Waals surface area (Å²) in [5, 5.41) is 0. The van der Waals surface area contributed by atoms with Gasteiger partial charge in [0, 0.05) is 37.9 Å². The number of hydrogen-bond acceptors (Lipinski definition) is 4. The van der Waals surface area contributed by atoms with Crippen LogP contribution >= 0.6 is 11.8 Å². The van der Waals surface area contributed by atoms with Gasteiger partial charge < -0.3 is 9.64 Å². The number of thioether (sulfide) groups is 1. The molecule has 0 bridgehead atoms. The van der Waals surface area contributed by atoms with E-state index in [1.54, 1.807) is 6.07 Å². The zero-order chi connectivity index (χ0) is 16.4. The molecule has 0 unspecified atom stereocenters. The van der Waals surface area contributed by atoms with E-state index in [4.69, 9.17) is 4.74 Å². The zero-order valence-corrected chi connectivity index (χ0v) is 14.4. The first kappa shape index (κ1) is 16.6. The lowest BCUT2D eigenvalue weighted by atomic mass is 9.92. The summed E-state index contributed by atoms with van der Waals surface area (Å²) in [7, 11) is 0. The smallest absolute Gasteiger partial charge is 0.250 e. The van der Waals surface area contributed by atoms with Crippen molar-refractivity contribution in [2.24, 2.45) is 5.92 Å². The maximum atomic E-state index is 13.6. The number of amides is 1. The minimum absolute atomic E-state index is 0.0303. The van der Waals surface area contributed by atoms with Crippen molar-refractivity contribution in [2.45, 2.75) is 44.0 Å². The molecule has 0 N–H and O–H groups in total. The first-order chi connectivity index (χ1) is 11.0.